The van der Waals surface area contributed by atoms with Crippen LogP contribution < -0.4 is 20.1 Å². The zero-order valence-corrected chi connectivity index (χ0v) is 17.0. The summed E-state index contributed by atoms with van der Waals surface area (Å²) < 4.78 is 10.6. The number of hydrogen-bond acceptors (Lipinski definition) is 3. The van der Waals surface area contributed by atoms with Gasteiger partial charge in [0.25, 0.3) is 0 Å². The molecular weight excluding hydrogens is 405 g/mol. The molecule has 2 N–H and O–H groups in total. The number of hydrogen-bond donors (Lipinski definition) is 2. The van der Waals surface area contributed by atoms with Crippen molar-refractivity contribution in [2.45, 2.75) is 39.7 Å². The molecule has 0 amide bonds. The van der Waals surface area contributed by atoms with E-state index in [1.54, 1.807) is 14.2 Å². The average molecular weight is 435 g/mol. The first kappa shape index (κ1) is 21.8. The SMILES string of the molecule is CCCCCNC(=NCc1ccc(OC)cc1OC)NCC.I. The summed E-state index contributed by atoms with van der Waals surface area (Å²) in [5.41, 5.74) is 1.04. The van der Waals surface area contributed by atoms with E-state index in [2.05, 4.69) is 29.5 Å². The van der Waals surface area contributed by atoms with Gasteiger partial charge in [0.15, 0.2) is 5.96 Å². The van der Waals surface area contributed by atoms with Gasteiger partial charge in [-0.1, -0.05) is 19.8 Å². The molecule has 132 valence electrons. The lowest BCUT2D eigenvalue weighted by atomic mass is 10.2. The monoisotopic (exact) mass is 435 g/mol. The summed E-state index contributed by atoms with van der Waals surface area (Å²) >= 11 is 0. The Labute approximate surface area is 157 Å². The quantitative estimate of drug-likeness (QED) is 0.270. The maximum atomic E-state index is 5.40. The molecule has 0 aromatic heterocycles. The summed E-state index contributed by atoms with van der Waals surface area (Å²) in [6.07, 6.45) is 3.61. The third-order valence-electron chi connectivity index (χ3n) is 3.32. The van der Waals surface area contributed by atoms with Crippen LogP contribution in [0.4, 0.5) is 0 Å². The summed E-state index contributed by atoms with van der Waals surface area (Å²) in [5, 5.41) is 6.62. The maximum absolute atomic E-state index is 5.40. The molecule has 0 radical (unpaired) electrons. The Balaban J connectivity index is 0.00000484. The minimum absolute atomic E-state index is 0. The lowest BCUT2D eigenvalue weighted by Crippen LogP contribution is -2.37. The largest absolute Gasteiger partial charge is 0.497 e. The van der Waals surface area contributed by atoms with Gasteiger partial charge in [-0.05, 0) is 25.5 Å². The molecule has 0 aliphatic rings. The molecule has 0 unspecified atom stereocenters. The van der Waals surface area contributed by atoms with Gasteiger partial charge in [-0.25, -0.2) is 4.99 Å². The van der Waals surface area contributed by atoms with Gasteiger partial charge in [-0.3, -0.25) is 0 Å². The van der Waals surface area contributed by atoms with E-state index in [0.717, 1.165) is 42.5 Å². The van der Waals surface area contributed by atoms with Crippen LogP contribution >= 0.6 is 24.0 Å². The summed E-state index contributed by atoms with van der Waals surface area (Å²) in [4.78, 5) is 4.62. The van der Waals surface area contributed by atoms with Crippen LogP contribution in [-0.2, 0) is 6.54 Å². The summed E-state index contributed by atoms with van der Waals surface area (Å²) in [7, 11) is 3.31. The molecule has 1 aromatic carbocycles. The van der Waals surface area contributed by atoms with Crippen LogP contribution in [0.3, 0.4) is 0 Å². The third-order valence-corrected chi connectivity index (χ3v) is 3.32. The fourth-order valence-electron chi connectivity index (χ4n) is 2.07. The number of ether oxygens (including phenoxy) is 2. The van der Waals surface area contributed by atoms with E-state index in [4.69, 9.17) is 9.47 Å². The van der Waals surface area contributed by atoms with Crippen molar-refractivity contribution < 1.29 is 9.47 Å². The first-order valence-corrected chi connectivity index (χ1v) is 7.98. The van der Waals surface area contributed by atoms with Crippen LogP contribution in [0.25, 0.3) is 0 Å². The van der Waals surface area contributed by atoms with Gasteiger partial charge in [0.1, 0.15) is 11.5 Å². The molecule has 0 bridgehead atoms. The zero-order chi connectivity index (χ0) is 16.2. The summed E-state index contributed by atoms with van der Waals surface area (Å²) in [6, 6.07) is 5.79. The second kappa shape index (κ2) is 13.3. The van der Waals surface area contributed by atoms with Crippen molar-refractivity contribution in [3.63, 3.8) is 0 Å². The van der Waals surface area contributed by atoms with Crippen molar-refractivity contribution in [3.05, 3.63) is 23.8 Å². The maximum Gasteiger partial charge on any atom is 0.191 e. The number of methoxy groups -OCH3 is 2. The molecule has 0 atom stereocenters. The molecule has 1 rings (SSSR count). The average Bonchev–Trinajstić information content (AvgIpc) is 2.56. The third kappa shape index (κ3) is 8.29. The van der Waals surface area contributed by atoms with Crippen molar-refractivity contribution in [2.24, 2.45) is 4.99 Å². The van der Waals surface area contributed by atoms with Gasteiger partial charge in [0.05, 0.1) is 20.8 Å². The minimum atomic E-state index is 0. The van der Waals surface area contributed by atoms with Crippen LogP contribution in [0, 0.1) is 0 Å². The van der Waals surface area contributed by atoms with Crippen molar-refractivity contribution in [1.29, 1.82) is 0 Å². The Bertz CT molecular complexity index is 467. The smallest absolute Gasteiger partial charge is 0.191 e. The molecular formula is C17H30IN3O2. The van der Waals surface area contributed by atoms with Gasteiger partial charge in [0.2, 0.25) is 0 Å². The first-order chi connectivity index (χ1) is 10.7. The van der Waals surface area contributed by atoms with Crippen molar-refractivity contribution in [2.75, 3.05) is 27.3 Å². The van der Waals surface area contributed by atoms with E-state index in [1.807, 2.05) is 18.2 Å². The molecule has 0 aliphatic heterocycles. The van der Waals surface area contributed by atoms with Crippen LogP contribution in [0.5, 0.6) is 11.5 Å². The van der Waals surface area contributed by atoms with E-state index in [9.17, 15) is 0 Å². The Hall–Kier alpha value is -1.18. The van der Waals surface area contributed by atoms with E-state index in [1.165, 1.54) is 12.8 Å². The Morgan fingerprint density at radius 3 is 2.48 bits per heavy atom. The second-order valence-corrected chi connectivity index (χ2v) is 5.01. The van der Waals surface area contributed by atoms with E-state index in [0.29, 0.717) is 6.54 Å². The molecule has 5 nitrogen and oxygen atoms in total. The highest BCUT2D eigenvalue weighted by Crippen LogP contribution is 2.25. The minimum Gasteiger partial charge on any atom is -0.497 e. The number of aliphatic imine (C=N–C) groups is 1. The topological polar surface area (TPSA) is 54.9 Å². The molecule has 0 spiro atoms. The van der Waals surface area contributed by atoms with Crippen molar-refractivity contribution in [3.8, 4) is 11.5 Å². The Kier molecular flexibility index (Phi) is 12.6. The van der Waals surface area contributed by atoms with Crippen molar-refractivity contribution in [1.82, 2.24) is 10.6 Å². The molecule has 0 fully saturated rings. The Morgan fingerprint density at radius 2 is 1.87 bits per heavy atom. The zero-order valence-electron chi connectivity index (χ0n) is 14.6. The van der Waals surface area contributed by atoms with Gasteiger partial charge in [0, 0.05) is 24.7 Å². The highest BCUT2D eigenvalue weighted by Gasteiger charge is 2.05. The standard InChI is InChI=1S/C17H29N3O2.HI/c1-5-7-8-11-19-17(18-6-2)20-13-14-9-10-15(21-3)12-16(14)22-4;/h9-10,12H,5-8,11,13H2,1-4H3,(H2,18,19,20);1H. The molecule has 0 saturated heterocycles. The van der Waals surface area contributed by atoms with Gasteiger partial charge >= 0.3 is 0 Å². The molecule has 0 heterocycles. The highest BCUT2D eigenvalue weighted by molar-refractivity contribution is 14.0. The Morgan fingerprint density at radius 1 is 1.09 bits per heavy atom. The fourth-order valence-corrected chi connectivity index (χ4v) is 2.07. The van der Waals surface area contributed by atoms with Crippen LogP contribution in [-0.4, -0.2) is 33.3 Å². The van der Waals surface area contributed by atoms with E-state index in [-0.39, 0.29) is 24.0 Å². The predicted octanol–water partition coefficient (Wildman–Crippen LogP) is 3.57. The van der Waals surface area contributed by atoms with Crippen LogP contribution in [0.1, 0.15) is 38.7 Å². The van der Waals surface area contributed by atoms with Gasteiger partial charge in [-0.2, -0.15) is 0 Å². The summed E-state index contributed by atoms with van der Waals surface area (Å²) in [6.45, 7) is 6.63. The highest BCUT2D eigenvalue weighted by atomic mass is 127. The first-order valence-electron chi connectivity index (χ1n) is 7.98. The van der Waals surface area contributed by atoms with Crippen molar-refractivity contribution >= 4 is 29.9 Å². The summed E-state index contributed by atoms with van der Waals surface area (Å²) in [5.74, 6) is 2.43. The second-order valence-electron chi connectivity index (χ2n) is 5.01. The number of benzene rings is 1. The number of nitrogens with one attached hydrogen (secondary N) is 2. The van der Waals surface area contributed by atoms with E-state index < -0.39 is 0 Å². The molecule has 23 heavy (non-hydrogen) atoms. The lowest BCUT2D eigenvalue weighted by molar-refractivity contribution is 0.391. The van der Waals surface area contributed by atoms with Gasteiger partial charge < -0.3 is 20.1 Å². The number of halogens is 1. The molecule has 0 aliphatic carbocycles. The van der Waals surface area contributed by atoms with Gasteiger partial charge in [-0.15, -0.1) is 24.0 Å². The molecule has 1 aromatic rings. The normalized spacial score (nSPS) is 10.7. The van der Waals surface area contributed by atoms with Crippen LogP contribution in [0.2, 0.25) is 0 Å². The molecule has 0 saturated carbocycles. The predicted molar refractivity (Wildman–Crippen MR) is 107 cm³/mol. The number of nitrogens with zero attached hydrogens (tertiary/aromatic N) is 1. The fraction of sp³-hybridized carbons (Fsp3) is 0.588. The number of guanidine groups is 1. The lowest BCUT2D eigenvalue weighted by Gasteiger charge is -2.12. The number of rotatable bonds is 9. The number of unbranched alkanes of at least 4 members (excludes halogenated alkanes) is 2. The van der Waals surface area contributed by atoms with Crippen LogP contribution in [0.15, 0.2) is 23.2 Å². The van der Waals surface area contributed by atoms with E-state index >= 15 is 0 Å². The molecule has 6 heteroatoms.